The summed E-state index contributed by atoms with van der Waals surface area (Å²) in [6, 6.07) is 9.87. The minimum absolute atomic E-state index is 0.0167. The molecule has 0 spiro atoms. The third-order valence-corrected chi connectivity index (χ3v) is 8.33. The maximum Gasteiger partial charge on any atom is 0.298 e. The highest BCUT2D eigenvalue weighted by atomic mass is 32.2. The predicted molar refractivity (Wildman–Crippen MR) is 154 cm³/mol. The topological polar surface area (TPSA) is 153 Å². The summed E-state index contributed by atoms with van der Waals surface area (Å²) in [4.78, 5) is 13.6. The van der Waals surface area contributed by atoms with Crippen LogP contribution in [0.4, 0.5) is 5.82 Å². The van der Waals surface area contributed by atoms with E-state index >= 15 is 0 Å². The van der Waals surface area contributed by atoms with Crippen LogP contribution in [0.25, 0.3) is 11.0 Å². The van der Waals surface area contributed by atoms with Crippen LogP contribution in [-0.4, -0.2) is 94.6 Å². The molecule has 0 radical (unpaired) electrons. The number of hydrogen-bond acceptors (Lipinski definition) is 11. The molecule has 14 heteroatoms. The smallest absolute Gasteiger partial charge is 0.298 e. The van der Waals surface area contributed by atoms with E-state index in [1.54, 1.807) is 35.2 Å². The van der Waals surface area contributed by atoms with Gasteiger partial charge in [-0.15, -0.1) is 6.42 Å². The lowest BCUT2D eigenvalue weighted by molar-refractivity contribution is -0.124. The standard InChI is InChI=1S/C28H32N6O7S/c1-4-26(35)33-17-20-16-32(2)34(21(20)18-33)15-19-13-23(38-3)27-24(14-19)41-30-28(27)31-42(36,37)25-8-6-5-7-22(25)40-12-11-39-10-9-29/h1,5-8,13-14H,9-12,15-18,29H2,2-3H3,(H,30,31). The maximum absolute atomic E-state index is 13.4. The Balaban J connectivity index is 1.36. The molecule has 1 aromatic heterocycles. The molecule has 3 N–H and O–H groups in total. The number of amides is 1. The van der Waals surface area contributed by atoms with Crippen molar-refractivity contribution >= 4 is 32.7 Å². The number of rotatable bonds is 12. The van der Waals surface area contributed by atoms with Crippen molar-refractivity contribution in [1.29, 1.82) is 0 Å². The van der Waals surface area contributed by atoms with E-state index in [4.69, 9.17) is 30.9 Å². The Bertz CT molecular complexity index is 1660. The number of benzene rings is 2. The van der Waals surface area contributed by atoms with Crippen molar-refractivity contribution in [3.8, 4) is 23.8 Å². The van der Waals surface area contributed by atoms with Crippen LogP contribution >= 0.6 is 0 Å². The highest BCUT2D eigenvalue weighted by Gasteiger charge is 2.36. The number of ether oxygens (including phenoxy) is 3. The van der Waals surface area contributed by atoms with Gasteiger partial charge in [-0.05, 0) is 41.3 Å². The molecule has 2 aliphatic rings. The Hall–Kier alpha value is -4.29. The van der Waals surface area contributed by atoms with E-state index < -0.39 is 10.0 Å². The first kappa shape index (κ1) is 29.2. The van der Waals surface area contributed by atoms with E-state index in [1.165, 1.54) is 13.2 Å². The van der Waals surface area contributed by atoms with Gasteiger partial charge in [0.05, 0.1) is 39.1 Å². The Morgan fingerprint density at radius 3 is 2.74 bits per heavy atom. The molecule has 0 bridgehead atoms. The second-order valence-electron chi connectivity index (χ2n) is 9.73. The molecule has 42 heavy (non-hydrogen) atoms. The number of terminal acetylenes is 1. The minimum atomic E-state index is -4.12. The van der Waals surface area contributed by atoms with Crippen molar-refractivity contribution in [1.82, 2.24) is 20.1 Å². The number of nitrogens with zero attached hydrogens (tertiary/aromatic N) is 4. The summed E-state index contributed by atoms with van der Waals surface area (Å²) >= 11 is 0. The number of sulfonamides is 1. The second kappa shape index (κ2) is 12.3. The third-order valence-electron chi connectivity index (χ3n) is 6.95. The van der Waals surface area contributed by atoms with Crippen LogP contribution in [0.2, 0.25) is 0 Å². The number of fused-ring (bicyclic) bond motifs is 1. The summed E-state index contributed by atoms with van der Waals surface area (Å²) in [6.45, 7) is 3.26. The quantitative estimate of drug-likeness (QED) is 0.230. The largest absolute Gasteiger partial charge is 0.496 e. The molecule has 2 aliphatic heterocycles. The van der Waals surface area contributed by atoms with Crippen molar-refractivity contribution in [2.75, 3.05) is 64.9 Å². The Morgan fingerprint density at radius 2 is 1.98 bits per heavy atom. The Labute approximate surface area is 243 Å². The fraction of sp³-hybridized carbons (Fsp3) is 0.357. The zero-order valence-electron chi connectivity index (χ0n) is 23.3. The molecular formula is C28H32N6O7S. The summed E-state index contributed by atoms with van der Waals surface area (Å²) in [5, 5.41) is 8.53. The van der Waals surface area contributed by atoms with Crippen molar-refractivity contribution in [2.45, 2.75) is 11.4 Å². The lowest BCUT2D eigenvalue weighted by Crippen LogP contribution is -2.39. The van der Waals surface area contributed by atoms with Gasteiger partial charge in [0, 0.05) is 26.7 Å². The number of hydrazine groups is 1. The Morgan fingerprint density at radius 1 is 1.17 bits per heavy atom. The van der Waals surface area contributed by atoms with E-state index in [0.29, 0.717) is 56.0 Å². The molecule has 0 fully saturated rings. The molecular weight excluding hydrogens is 564 g/mol. The van der Waals surface area contributed by atoms with Gasteiger partial charge >= 0.3 is 0 Å². The van der Waals surface area contributed by atoms with Crippen molar-refractivity contribution < 1.29 is 31.9 Å². The highest BCUT2D eigenvalue weighted by molar-refractivity contribution is 7.92. The van der Waals surface area contributed by atoms with Gasteiger partial charge in [-0.25, -0.2) is 13.4 Å². The lowest BCUT2D eigenvalue weighted by Gasteiger charge is -2.31. The molecule has 0 saturated heterocycles. The van der Waals surface area contributed by atoms with Crippen LogP contribution in [0.5, 0.6) is 11.5 Å². The fourth-order valence-electron chi connectivity index (χ4n) is 5.05. The van der Waals surface area contributed by atoms with Gasteiger partial charge in [0.25, 0.3) is 15.9 Å². The monoisotopic (exact) mass is 596 g/mol. The van der Waals surface area contributed by atoms with Gasteiger partial charge in [-0.3, -0.25) is 9.52 Å². The van der Waals surface area contributed by atoms with E-state index in [9.17, 15) is 13.2 Å². The number of para-hydroxylation sites is 1. The third kappa shape index (κ3) is 5.86. The number of carbonyl (C=O) groups excluding carboxylic acids is 1. The molecule has 0 unspecified atom stereocenters. The normalized spacial score (nSPS) is 15.3. The summed E-state index contributed by atoms with van der Waals surface area (Å²) in [6.07, 6.45) is 5.32. The second-order valence-corrected chi connectivity index (χ2v) is 11.4. The molecule has 13 nitrogen and oxygen atoms in total. The maximum atomic E-state index is 13.4. The number of nitrogens with one attached hydrogen (secondary N) is 1. The number of aromatic nitrogens is 1. The molecule has 2 aromatic carbocycles. The van der Waals surface area contributed by atoms with Crippen LogP contribution in [0.15, 0.2) is 57.1 Å². The highest BCUT2D eigenvalue weighted by Crippen LogP contribution is 2.37. The number of hydrogen-bond donors (Lipinski definition) is 2. The molecule has 0 atom stereocenters. The summed E-state index contributed by atoms with van der Waals surface area (Å²) in [5.41, 5.74) is 8.76. The molecule has 222 valence electrons. The van der Waals surface area contributed by atoms with Gasteiger partial charge < -0.3 is 34.4 Å². The first-order chi connectivity index (χ1) is 20.2. The van der Waals surface area contributed by atoms with Crippen molar-refractivity contribution in [3.63, 3.8) is 0 Å². The number of carbonyl (C=O) groups is 1. The van der Waals surface area contributed by atoms with Gasteiger partial charge in [-0.1, -0.05) is 17.3 Å². The van der Waals surface area contributed by atoms with Gasteiger partial charge in [0.15, 0.2) is 11.4 Å². The predicted octanol–water partition coefficient (Wildman–Crippen LogP) is 1.38. The summed E-state index contributed by atoms with van der Waals surface area (Å²) in [5.74, 6) is 2.38. The van der Waals surface area contributed by atoms with Crippen molar-refractivity contribution in [3.05, 3.63) is 53.2 Å². The van der Waals surface area contributed by atoms with Crippen LogP contribution in [-0.2, 0) is 26.1 Å². The first-order valence-corrected chi connectivity index (χ1v) is 14.7. The number of nitrogens with two attached hydrogens (primary N) is 1. The lowest BCUT2D eigenvalue weighted by atomic mass is 10.1. The van der Waals surface area contributed by atoms with Gasteiger partial charge in [0.1, 0.15) is 28.4 Å². The number of methoxy groups -OCH3 is 1. The average Bonchev–Trinajstić information content (AvgIpc) is 3.66. The zero-order valence-corrected chi connectivity index (χ0v) is 24.1. The SMILES string of the molecule is C#CC(=O)N1CC2=C(C1)N(Cc1cc(OC)c3c(NS(=O)(=O)c4ccccc4OCCOCCN)noc3c1)N(C)C2. The molecule has 0 aliphatic carbocycles. The number of anilines is 1. The van der Waals surface area contributed by atoms with Crippen LogP contribution in [0.3, 0.4) is 0 Å². The molecule has 0 saturated carbocycles. The molecule has 1 amide bonds. The molecule has 5 rings (SSSR count). The molecule has 3 aromatic rings. The summed E-state index contributed by atoms with van der Waals surface area (Å²) in [7, 11) is -0.661. The van der Waals surface area contributed by atoms with Gasteiger partial charge in [-0.2, -0.15) is 0 Å². The minimum Gasteiger partial charge on any atom is -0.496 e. The summed E-state index contributed by atoms with van der Waals surface area (Å²) < 4.78 is 51.5. The van der Waals surface area contributed by atoms with E-state index in [-0.39, 0.29) is 35.6 Å². The molecule has 3 heterocycles. The number of likely N-dealkylation sites (N-methyl/N-ethyl adjacent to an activating group) is 1. The Kier molecular flexibility index (Phi) is 8.55. The van der Waals surface area contributed by atoms with Gasteiger partial charge in [0.2, 0.25) is 0 Å². The first-order valence-electron chi connectivity index (χ1n) is 13.2. The van der Waals surface area contributed by atoms with Crippen LogP contribution in [0, 0.1) is 12.3 Å². The zero-order chi connectivity index (χ0) is 29.9. The fourth-order valence-corrected chi connectivity index (χ4v) is 6.20. The van der Waals surface area contributed by atoms with E-state index in [1.807, 2.05) is 7.05 Å². The average molecular weight is 597 g/mol. The van der Waals surface area contributed by atoms with Crippen LogP contribution in [0.1, 0.15) is 5.56 Å². The van der Waals surface area contributed by atoms with Crippen LogP contribution < -0.4 is 19.9 Å². The van der Waals surface area contributed by atoms with E-state index in [2.05, 4.69) is 25.8 Å². The van der Waals surface area contributed by atoms with E-state index in [0.717, 1.165) is 16.8 Å². The van der Waals surface area contributed by atoms with Crippen molar-refractivity contribution in [2.24, 2.45) is 5.73 Å².